The van der Waals surface area contributed by atoms with Crippen LogP contribution < -0.4 is 20.8 Å². The number of nitrogen functional groups attached to an aromatic ring is 1. The third-order valence-electron chi connectivity index (χ3n) is 3.97. The van der Waals surface area contributed by atoms with E-state index in [4.69, 9.17) is 10.5 Å². The highest BCUT2D eigenvalue weighted by Crippen LogP contribution is 2.28. The first-order valence-electron chi connectivity index (χ1n) is 8.08. The summed E-state index contributed by atoms with van der Waals surface area (Å²) in [5.41, 5.74) is 9.87. The van der Waals surface area contributed by atoms with Crippen molar-refractivity contribution in [1.82, 2.24) is 9.97 Å². The van der Waals surface area contributed by atoms with Crippen LogP contribution in [0.15, 0.2) is 29.4 Å². The molecule has 136 valence electrons. The van der Waals surface area contributed by atoms with Crippen molar-refractivity contribution in [2.24, 2.45) is 5.10 Å². The van der Waals surface area contributed by atoms with Crippen molar-refractivity contribution in [2.75, 3.05) is 36.3 Å². The molecule has 10 nitrogen and oxygen atoms in total. The van der Waals surface area contributed by atoms with Crippen LogP contribution in [-0.2, 0) is 0 Å². The third kappa shape index (κ3) is 3.79. The van der Waals surface area contributed by atoms with E-state index in [0.717, 1.165) is 25.9 Å². The van der Waals surface area contributed by atoms with Gasteiger partial charge in [0.05, 0.1) is 29.5 Å². The van der Waals surface area contributed by atoms with Crippen LogP contribution in [0.1, 0.15) is 18.4 Å². The molecule has 0 unspecified atom stereocenters. The Morgan fingerprint density at radius 3 is 2.62 bits per heavy atom. The number of hydrogen-bond acceptors (Lipinski definition) is 9. The molecule has 10 heteroatoms. The second kappa shape index (κ2) is 7.64. The average Bonchev–Trinajstić information content (AvgIpc) is 3.17. The number of benzene rings is 1. The van der Waals surface area contributed by atoms with Gasteiger partial charge < -0.3 is 15.4 Å². The van der Waals surface area contributed by atoms with E-state index in [0.29, 0.717) is 22.9 Å². The van der Waals surface area contributed by atoms with Gasteiger partial charge in [-0.15, -0.1) is 0 Å². The maximum absolute atomic E-state index is 10.7. The van der Waals surface area contributed by atoms with Crippen molar-refractivity contribution in [3.63, 3.8) is 0 Å². The molecule has 0 radical (unpaired) electrons. The molecule has 0 atom stereocenters. The second-order valence-corrected chi connectivity index (χ2v) is 5.70. The number of nitrogens with one attached hydrogen (secondary N) is 1. The summed E-state index contributed by atoms with van der Waals surface area (Å²) in [5.74, 6) is 1.17. The van der Waals surface area contributed by atoms with E-state index in [-0.39, 0.29) is 11.6 Å². The first kappa shape index (κ1) is 17.4. The highest BCUT2D eigenvalue weighted by molar-refractivity contribution is 5.90. The predicted molar refractivity (Wildman–Crippen MR) is 98.8 cm³/mol. The predicted octanol–water partition coefficient (Wildman–Crippen LogP) is 2.02. The fraction of sp³-hybridized carbons (Fsp3) is 0.312. The van der Waals surface area contributed by atoms with Gasteiger partial charge in [-0.3, -0.25) is 15.5 Å². The van der Waals surface area contributed by atoms with Crippen molar-refractivity contribution in [3.05, 3.63) is 39.9 Å². The topological polar surface area (TPSA) is 132 Å². The number of anilines is 3. The van der Waals surface area contributed by atoms with Crippen molar-refractivity contribution >= 4 is 29.4 Å². The standard InChI is InChI=1S/C16H19N7O3/c1-26-15-13(14(19-16(17)20-15)22-8-2-3-9-22)10-18-21-11-4-6-12(7-5-11)23(24)25/h4-7,10,21H,2-3,8-9H2,1H3,(H2,17,19,20)/b18-10+. The highest BCUT2D eigenvalue weighted by atomic mass is 16.6. The van der Waals surface area contributed by atoms with E-state index in [1.54, 1.807) is 18.3 Å². The van der Waals surface area contributed by atoms with Crippen molar-refractivity contribution in [2.45, 2.75) is 12.8 Å². The Balaban J connectivity index is 1.83. The molecule has 2 aromatic rings. The van der Waals surface area contributed by atoms with Crippen molar-refractivity contribution in [3.8, 4) is 5.88 Å². The van der Waals surface area contributed by atoms with E-state index in [9.17, 15) is 10.1 Å². The molecule has 1 aromatic heterocycles. The van der Waals surface area contributed by atoms with Gasteiger partial charge in [0.1, 0.15) is 5.82 Å². The van der Waals surface area contributed by atoms with E-state index in [1.807, 2.05) is 0 Å². The Bertz CT molecular complexity index is 817. The van der Waals surface area contributed by atoms with Gasteiger partial charge in [-0.25, -0.2) is 0 Å². The molecule has 0 bridgehead atoms. The number of rotatable bonds is 6. The normalized spacial score (nSPS) is 14.0. The first-order chi connectivity index (χ1) is 12.6. The molecule has 3 N–H and O–H groups in total. The number of nitro benzene ring substituents is 1. The average molecular weight is 357 g/mol. The van der Waals surface area contributed by atoms with Gasteiger partial charge in [-0.1, -0.05) is 0 Å². The minimum absolute atomic E-state index is 0.0180. The van der Waals surface area contributed by atoms with Gasteiger partial charge in [0.25, 0.3) is 5.69 Å². The number of hydrazone groups is 1. The lowest BCUT2D eigenvalue weighted by molar-refractivity contribution is -0.384. The molecule has 1 fully saturated rings. The molecule has 1 saturated heterocycles. The smallest absolute Gasteiger partial charge is 0.269 e. The number of methoxy groups -OCH3 is 1. The van der Waals surface area contributed by atoms with Gasteiger partial charge in [0.15, 0.2) is 0 Å². The van der Waals surface area contributed by atoms with Crippen LogP contribution in [0.25, 0.3) is 0 Å². The lowest BCUT2D eigenvalue weighted by atomic mass is 10.3. The number of hydrogen-bond donors (Lipinski definition) is 2. The van der Waals surface area contributed by atoms with Crippen LogP contribution in [0.3, 0.4) is 0 Å². The number of nitro groups is 1. The molecule has 1 aliphatic rings. The highest BCUT2D eigenvalue weighted by Gasteiger charge is 2.21. The molecular formula is C16H19N7O3. The zero-order chi connectivity index (χ0) is 18.5. The summed E-state index contributed by atoms with van der Waals surface area (Å²) in [6.07, 6.45) is 3.74. The van der Waals surface area contributed by atoms with Crippen LogP contribution in [0.2, 0.25) is 0 Å². The lowest BCUT2D eigenvalue weighted by Crippen LogP contribution is -2.22. The van der Waals surface area contributed by atoms with Gasteiger partial charge in [0, 0.05) is 25.2 Å². The lowest BCUT2D eigenvalue weighted by Gasteiger charge is -2.19. The number of nitrogens with zero attached hydrogens (tertiary/aromatic N) is 5. The Morgan fingerprint density at radius 1 is 1.31 bits per heavy atom. The molecular weight excluding hydrogens is 338 g/mol. The van der Waals surface area contributed by atoms with E-state index >= 15 is 0 Å². The maximum Gasteiger partial charge on any atom is 0.269 e. The summed E-state index contributed by atoms with van der Waals surface area (Å²) in [6, 6.07) is 5.96. The third-order valence-corrected chi connectivity index (χ3v) is 3.97. The first-order valence-corrected chi connectivity index (χ1v) is 8.08. The monoisotopic (exact) mass is 357 g/mol. The zero-order valence-electron chi connectivity index (χ0n) is 14.3. The molecule has 0 amide bonds. The van der Waals surface area contributed by atoms with E-state index in [2.05, 4.69) is 25.4 Å². The summed E-state index contributed by atoms with van der Waals surface area (Å²) in [6.45, 7) is 1.77. The summed E-state index contributed by atoms with van der Waals surface area (Å²) in [7, 11) is 1.51. The fourth-order valence-corrected chi connectivity index (χ4v) is 2.72. The minimum atomic E-state index is -0.452. The van der Waals surface area contributed by atoms with Crippen molar-refractivity contribution in [1.29, 1.82) is 0 Å². The van der Waals surface area contributed by atoms with Crippen LogP contribution in [0, 0.1) is 10.1 Å². The van der Waals surface area contributed by atoms with Crippen LogP contribution in [0.5, 0.6) is 5.88 Å². The van der Waals surface area contributed by atoms with E-state index in [1.165, 1.54) is 19.2 Å². The van der Waals surface area contributed by atoms with Gasteiger partial charge in [-0.2, -0.15) is 15.1 Å². The van der Waals surface area contributed by atoms with Gasteiger partial charge >= 0.3 is 0 Å². The summed E-state index contributed by atoms with van der Waals surface area (Å²) in [5, 5.41) is 14.9. The molecule has 1 aliphatic heterocycles. The quantitative estimate of drug-likeness (QED) is 0.456. The molecule has 0 spiro atoms. The second-order valence-electron chi connectivity index (χ2n) is 5.70. The van der Waals surface area contributed by atoms with Crippen LogP contribution in [-0.4, -0.2) is 41.3 Å². The Labute approximate surface area is 149 Å². The minimum Gasteiger partial charge on any atom is -0.480 e. The number of nitrogens with two attached hydrogens (primary N) is 1. The summed E-state index contributed by atoms with van der Waals surface area (Å²) in [4.78, 5) is 20.8. The number of aromatic nitrogens is 2. The molecule has 0 aliphatic carbocycles. The van der Waals surface area contributed by atoms with Crippen LogP contribution >= 0.6 is 0 Å². The molecule has 26 heavy (non-hydrogen) atoms. The Morgan fingerprint density at radius 2 is 2.00 bits per heavy atom. The van der Waals surface area contributed by atoms with E-state index < -0.39 is 4.92 Å². The maximum atomic E-state index is 10.7. The summed E-state index contributed by atoms with van der Waals surface area (Å²) >= 11 is 0. The van der Waals surface area contributed by atoms with Crippen LogP contribution in [0.4, 0.5) is 23.1 Å². The fourth-order valence-electron chi connectivity index (χ4n) is 2.72. The molecule has 2 heterocycles. The number of non-ortho nitro benzene ring substituents is 1. The van der Waals surface area contributed by atoms with Gasteiger partial charge in [0.2, 0.25) is 11.8 Å². The van der Waals surface area contributed by atoms with Gasteiger partial charge in [-0.05, 0) is 25.0 Å². The largest absolute Gasteiger partial charge is 0.480 e. The number of ether oxygens (including phenoxy) is 1. The Hall–Kier alpha value is -3.43. The molecule has 3 rings (SSSR count). The zero-order valence-corrected chi connectivity index (χ0v) is 14.3. The Kier molecular flexibility index (Phi) is 5.11. The molecule has 0 saturated carbocycles. The van der Waals surface area contributed by atoms with Crippen molar-refractivity contribution < 1.29 is 9.66 Å². The summed E-state index contributed by atoms with van der Waals surface area (Å²) < 4.78 is 5.32. The SMILES string of the molecule is COc1nc(N)nc(N2CCCC2)c1/C=N/Nc1ccc([N+](=O)[O-])cc1. The molecule has 1 aromatic carbocycles.